The minimum Gasteiger partial charge on any atom is -0.394 e. The van der Waals surface area contributed by atoms with E-state index < -0.39 is 39.2 Å². The summed E-state index contributed by atoms with van der Waals surface area (Å²) in [5.41, 5.74) is 0. The van der Waals surface area contributed by atoms with Crippen LogP contribution in [-0.4, -0.2) is 51.1 Å². The van der Waals surface area contributed by atoms with Crippen LogP contribution in [0.1, 0.15) is 0 Å². The van der Waals surface area contributed by atoms with Gasteiger partial charge in [-0.2, -0.15) is 0 Å². The first kappa shape index (κ1) is 12.0. The van der Waals surface area contributed by atoms with Crippen LogP contribution in [-0.2, 0) is 18.3 Å². The smallest absolute Gasteiger partial charge is 0.394 e. The molecule has 1 aliphatic rings. The third-order valence-electron chi connectivity index (χ3n) is 1.86. The van der Waals surface area contributed by atoms with Gasteiger partial charge in [0.1, 0.15) is 14.0 Å². The van der Waals surface area contributed by atoms with Gasteiger partial charge in [-0.05, 0) is 0 Å². The van der Waals surface area contributed by atoms with Crippen molar-refractivity contribution in [3.8, 4) is 0 Å². The number of halogens is 1. The summed E-state index contributed by atoms with van der Waals surface area (Å²) in [6, 6.07) is -1.17. The summed E-state index contributed by atoms with van der Waals surface area (Å²) in [5, 5.41) is 8.79. The molecule has 14 heavy (non-hydrogen) atoms. The Morgan fingerprint density at radius 2 is 2.36 bits per heavy atom. The quantitative estimate of drug-likeness (QED) is 0.532. The maximum Gasteiger partial charge on any atom is 0.697 e. The second-order valence-electron chi connectivity index (χ2n) is 2.74. The third-order valence-corrected chi connectivity index (χ3v) is 2.58. The second-order valence-corrected chi connectivity index (χ2v) is 3.77. The van der Waals surface area contributed by atoms with Gasteiger partial charge in [0.2, 0.25) is 0 Å². The van der Waals surface area contributed by atoms with Gasteiger partial charge in [-0.1, -0.05) is 0 Å². The number of rotatable bonds is 4. The molecule has 1 aliphatic heterocycles. The molecule has 0 aliphatic carbocycles. The SMILES string of the molecule is [B]C1OC(CO)C(O[P+](=O)OC)C1F. The van der Waals surface area contributed by atoms with Crippen molar-refractivity contribution in [1.82, 2.24) is 0 Å². The highest BCUT2D eigenvalue weighted by Crippen LogP contribution is 2.33. The Labute approximate surface area is 82.9 Å². The summed E-state index contributed by atoms with van der Waals surface area (Å²) in [7, 11) is 3.99. The number of aliphatic hydroxyl groups excluding tert-OH is 1. The van der Waals surface area contributed by atoms with Gasteiger partial charge in [0.05, 0.1) is 19.7 Å². The third kappa shape index (κ3) is 2.49. The first-order chi connectivity index (χ1) is 6.60. The van der Waals surface area contributed by atoms with Gasteiger partial charge < -0.3 is 9.84 Å². The predicted octanol–water partition coefficient (Wildman–Crippen LogP) is -0.101. The monoisotopic (exact) mass is 223 g/mol. The summed E-state index contributed by atoms with van der Waals surface area (Å²) in [5.74, 6) is 0. The van der Waals surface area contributed by atoms with Crippen molar-refractivity contribution in [1.29, 1.82) is 0 Å². The fourth-order valence-electron chi connectivity index (χ4n) is 1.16. The van der Waals surface area contributed by atoms with Crippen molar-refractivity contribution in [2.75, 3.05) is 13.7 Å². The van der Waals surface area contributed by atoms with Gasteiger partial charge in [0, 0.05) is 4.57 Å². The lowest BCUT2D eigenvalue weighted by atomic mass is 9.94. The molecule has 0 saturated carbocycles. The molecule has 1 saturated heterocycles. The lowest BCUT2D eigenvalue weighted by molar-refractivity contribution is 0.00158. The summed E-state index contributed by atoms with van der Waals surface area (Å²) < 4.78 is 37.9. The van der Waals surface area contributed by atoms with Gasteiger partial charge in [-0.15, -0.1) is 9.05 Å². The molecule has 0 aromatic rings. The Hall–Kier alpha value is -0.0651. The van der Waals surface area contributed by atoms with E-state index >= 15 is 0 Å². The molecular weight excluding hydrogens is 213 g/mol. The standard InChI is InChI=1S/C6H10BFO5P/c1-11-14(10)13-5-3(2-9)12-6(7)4(5)8/h3-6,9H,2H2,1H3/q+1. The van der Waals surface area contributed by atoms with Crippen LogP contribution in [0, 0.1) is 0 Å². The molecule has 0 aromatic heterocycles. The van der Waals surface area contributed by atoms with Crippen LogP contribution < -0.4 is 0 Å². The topological polar surface area (TPSA) is 65.0 Å². The van der Waals surface area contributed by atoms with Crippen molar-refractivity contribution < 1.29 is 27.8 Å². The molecule has 1 N–H and O–H groups in total. The summed E-state index contributed by atoms with van der Waals surface area (Å²) in [6.07, 6.45) is -3.69. The average molecular weight is 223 g/mol. The van der Waals surface area contributed by atoms with E-state index in [1.54, 1.807) is 0 Å². The van der Waals surface area contributed by atoms with Crippen LogP contribution in [0.15, 0.2) is 0 Å². The van der Waals surface area contributed by atoms with Gasteiger partial charge in [-0.3, -0.25) is 0 Å². The van der Waals surface area contributed by atoms with Gasteiger partial charge in [-0.25, -0.2) is 4.39 Å². The van der Waals surface area contributed by atoms with E-state index in [1.807, 2.05) is 0 Å². The van der Waals surface area contributed by atoms with E-state index in [1.165, 1.54) is 0 Å². The molecule has 0 bridgehead atoms. The minimum atomic E-state index is -2.40. The zero-order valence-electron chi connectivity index (χ0n) is 7.50. The number of hydrogen-bond acceptors (Lipinski definition) is 5. The molecule has 2 radical (unpaired) electrons. The highest BCUT2D eigenvalue weighted by molar-refractivity contribution is 7.33. The van der Waals surface area contributed by atoms with Crippen molar-refractivity contribution in [2.45, 2.75) is 24.4 Å². The molecule has 1 rings (SSSR count). The highest BCUT2D eigenvalue weighted by atomic mass is 31.1. The van der Waals surface area contributed by atoms with E-state index in [0.717, 1.165) is 7.11 Å². The first-order valence-corrected chi connectivity index (χ1v) is 5.03. The molecule has 5 atom stereocenters. The Bertz CT molecular complexity index is 218. The second kappa shape index (κ2) is 5.14. The van der Waals surface area contributed by atoms with Crippen LogP contribution in [0.4, 0.5) is 4.39 Å². The van der Waals surface area contributed by atoms with Gasteiger partial charge in [0.25, 0.3) is 0 Å². The van der Waals surface area contributed by atoms with Crippen molar-refractivity contribution in [3.63, 3.8) is 0 Å². The van der Waals surface area contributed by atoms with Crippen LogP contribution in [0.5, 0.6) is 0 Å². The van der Waals surface area contributed by atoms with Crippen LogP contribution in [0.25, 0.3) is 0 Å². The molecule has 8 heteroatoms. The molecule has 0 amide bonds. The largest absolute Gasteiger partial charge is 0.697 e. The lowest BCUT2D eigenvalue weighted by Gasteiger charge is -2.10. The van der Waals surface area contributed by atoms with Crippen molar-refractivity contribution in [2.24, 2.45) is 0 Å². The minimum absolute atomic E-state index is 0.453. The Balaban J connectivity index is 2.59. The molecular formula is C6H10BFO5P+. The van der Waals surface area contributed by atoms with E-state index in [4.69, 9.17) is 22.2 Å². The zero-order valence-corrected chi connectivity index (χ0v) is 8.39. The van der Waals surface area contributed by atoms with Crippen LogP contribution in [0.3, 0.4) is 0 Å². The van der Waals surface area contributed by atoms with E-state index in [-0.39, 0.29) is 0 Å². The molecule has 0 aromatic carbocycles. The summed E-state index contributed by atoms with van der Waals surface area (Å²) in [6.45, 7) is -0.453. The lowest BCUT2D eigenvalue weighted by Crippen LogP contribution is -2.32. The average Bonchev–Trinajstić information content (AvgIpc) is 2.45. The summed E-state index contributed by atoms with van der Waals surface area (Å²) >= 11 is 0. The van der Waals surface area contributed by atoms with E-state index in [0.29, 0.717) is 0 Å². The van der Waals surface area contributed by atoms with Gasteiger partial charge >= 0.3 is 8.25 Å². The fraction of sp³-hybridized carbons (Fsp3) is 1.00. The zero-order chi connectivity index (χ0) is 10.7. The molecule has 1 fully saturated rings. The number of aliphatic hydroxyl groups is 1. The highest BCUT2D eigenvalue weighted by Gasteiger charge is 2.48. The maximum atomic E-state index is 13.2. The first-order valence-electron chi connectivity index (χ1n) is 3.94. The maximum absolute atomic E-state index is 13.2. The van der Waals surface area contributed by atoms with E-state index in [2.05, 4.69) is 4.52 Å². The molecule has 78 valence electrons. The summed E-state index contributed by atoms with van der Waals surface area (Å²) in [4.78, 5) is 0. The number of ether oxygens (including phenoxy) is 1. The van der Waals surface area contributed by atoms with Crippen molar-refractivity contribution >= 4 is 16.1 Å². The van der Waals surface area contributed by atoms with E-state index in [9.17, 15) is 8.96 Å². The number of hydrogen-bond donors (Lipinski definition) is 1. The molecule has 0 spiro atoms. The Morgan fingerprint density at radius 1 is 1.71 bits per heavy atom. The molecule has 1 heterocycles. The van der Waals surface area contributed by atoms with Crippen LogP contribution in [0.2, 0.25) is 0 Å². The molecule has 5 nitrogen and oxygen atoms in total. The molecule has 5 unspecified atom stereocenters. The fourth-order valence-corrected chi connectivity index (χ4v) is 1.70. The van der Waals surface area contributed by atoms with Crippen LogP contribution >= 0.6 is 8.25 Å². The Kier molecular flexibility index (Phi) is 4.41. The number of alkyl halides is 1. The van der Waals surface area contributed by atoms with Crippen molar-refractivity contribution in [3.05, 3.63) is 0 Å². The normalized spacial score (nSPS) is 38.6. The Morgan fingerprint density at radius 3 is 2.86 bits per heavy atom. The van der Waals surface area contributed by atoms with Gasteiger partial charge in [0.15, 0.2) is 12.3 Å². The predicted molar refractivity (Wildman–Crippen MR) is 45.9 cm³/mol.